The van der Waals surface area contributed by atoms with E-state index in [1.165, 1.54) is 5.56 Å². The van der Waals surface area contributed by atoms with Crippen molar-refractivity contribution < 1.29 is 4.79 Å². The number of carbonyl (C=O) groups excluding carboxylic acids is 1. The molecule has 3 rings (SSSR count). The highest BCUT2D eigenvalue weighted by Crippen LogP contribution is 2.14. The first kappa shape index (κ1) is 17.9. The Balaban J connectivity index is 1.46. The standard InChI is InChI=1S/C22H24N2O2/c1-16-14-19-11-9-18(15-20(19)24-22(16)26)10-12-21(25)23-13-5-8-17-6-3-2-4-7-17/h2-4,6-7,9,11,14-15H,5,8,10,12-13H2,1H3,(H,23,25)(H,24,26). The van der Waals surface area contributed by atoms with E-state index in [9.17, 15) is 9.59 Å². The molecule has 2 N–H and O–H groups in total. The lowest BCUT2D eigenvalue weighted by Crippen LogP contribution is -2.25. The molecular formula is C22H24N2O2. The summed E-state index contributed by atoms with van der Waals surface area (Å²) in [6.45, 7) is 2.49. The molecule has 0 aliphatic rings. The number of hydrogen-bond acceptors (Lipinski definition) is 2. The first-order valence-electron chi connectivity index (χ1n) is 9.05. The van der Waals surface area contributed by atoms with E-state index in [4.69, 9.17) is 0 Å². The van der Waals surface area contributed by atoms with Crippen LogP contribution in [0.25, 0.3) is 10.9 Å². The number of aryl methyl sites for hydroxylation is 3. The van der Waals surface area contributed by atoms with Gasteiger partial charge < -0.3 is 10.3 Å². The highest BCUT2D eigenvalue weighted by Gasteiger charge is 2.04. The summed E-state index contributed by atoms with van der Waals surface area (Å²) >= 11 is 0. The number of benzene rings is 2. The van der Waals surface area contributed by atoms with E-state index in [0.717, 1.165) is 29.3 Å². The lowest BCUT2D eigenvalue weighted by molar-refractivity contribution is -0.121. The zero-order valence-corrected chi connectivity index (χ0v) is 15.0. The Bertz CT molecular complexity index is 945. The van der Waals surface area contributed by atoms with Crippen LogP contribution < -0.4 is 10.9 Å². The summed E-state index contributed by atoms with van der Waals surface area (Å²) < 4.78 is 0. The number of amides is 1. The zero-order valence-electron chi connectivity index (χ0n) is 15.0. The minimum absolute atomic E-state index is 0.0641. The molecule has 0 unspecified atom stereocenters. The van der Waals surface area contributed by atoms with Crippen LogP contribution in [0.15, 0.2) is 59.4 Å². The molecular weight excluding hydrogens is 324 g/mol. The van der Waals surface area contributed by atoms with Crippen LogP contribution in [-0.4, -0.2) is 17.4 Å². The van der Waals surface area contributed by atoms with Crippen molar-refractivity contribution >= 4 is 16.8 Å². The Morgan fingerprint density at radius 1 is 1.00 bits per heavy atom. The van der Waals surface area contributed by atoms with Crippen LogP contribution >= 0.6 is 0 Å². The van der Waals surface area contributed by atoms with Gasteiger partial charge in [0.15, 0.2) is 0 Å². The molecule has 0 saturated carbocycles. The highest BCUT2D eigenvalue weighted by molar-refractivity contribution is 5.80. The molecule has 0 aliphatic carbocycles. The number of aromatic nitrogens is 1. The Morgan fingerprint density at radius 2 is 1.81 bits per heavy atom. The molecule has 4 nitrogen and oxygen atoms in total. The Morgan fingerprint density at radius 3 is 2.62 bits per heavy atom. The van der Waals surface area contributed by atoms with Crippen LogP contribution in [0.1, 0.15) is 29.5 Å². The molecule has 0 saturated heterocycles. The zero-order chi connectivity index (χ0) is 18.4. The van der Waals surface area contributed by atoms with Crippen molar-refractivity contribution in [1.29, 1.82) is 0 Å². The molecule has 134 valence electrons. The molecule has 3 aromatic rings. The van der Waals surface area contributed by atoms with E-state index in [0.29, 0.717) is 24.9 Å². The molecule has 0 spiro atoms. The first-order chi connectivity index (χ1) is 12.6. The summed E-state index contributed by atoms with van der Waals surface area (Å²) in [5.41, 5.74) is 3.81. The molecule has 1 heterocycles. The number of nitrogens with one attached hydrogen (secondary N) is 2. The molecule has 0 bridgehead atoms. The lowest BCUT2D eigenvalue weighted by atomic mass is 10.1. The fraction of sp³-hybridized carbons (Fsp3) is 0.273. The normalized spacial score (nSPS) is 10.8. The van der Waals surface area contributed by atoms with Crippen molar-refractivity contribution in [3.8, 4) is 0 Å². The van der Waals surface area contributed by atoms with Gasteiger partial charge in [-0.3, -0.25) is 9.59 Å². The van der Waals surface area contributed by atoms with Crippen molar-refractivity contribution in [2.45, 2.75) is 32.6 Å². The van der Waals surface area contributed by atoms with Gasteiger partial charge in [-0.05, 0) is 54.8 Å². The summed E-state index contributed by atoms with van der Waals surface area (Å²) in [7, 11) is 0. The second-order valence-electron chi connectivity index (χ2n) is 6.64. The molecule has 26 heavy (non-hydrogen) atoms. The van der Waals surface area contributed by atoms with E-state index in [1.54, 1.807) is 6.92 Å². The van der Waals surface area contributed by atoms with Gasteiger partial charge in [-0.25, -0.2) is 0 Å². The van der Waals surface area contributed by atoms with Crippen molar-refractivity contribution in [2.24, 2.45) is 0 Å². The molecule has 0 fully saturated rings. The molecule has 0 aliphatic heterocycles. The maximum atomic E-state index is 12.0. The lowest BCUT2D eigenvalue weighted by Gasteiger charge is -2.07. The monoisotopic (exact) mass is 348 g/mol. The van der Waals surface area contributed by atoms with Gasteiger partial charge in [0.05, 0.1) is 0 Å². The maximum Gasteiger partial charge on any atom is 0.251 e. The summed E-state index contributed by atoms with van der Waals surface area (Å²) in [5.74, 6) is 0.0653. The van der Waals surface area contributed by atoms with E-state index in [1.807, 2.05) is 42.5 Å². The smallest absolute Gasteiger partial charge is 0.251 e. The van der Waals surface area contributed by atoms with E-state index >= 15 is 0 Å². The van der Waals surface area contributed by atoms with Gasteiger partial charge in [0.25, 0.3) is 5.56 Å². The number of rotatable bonds is 7. The van der Waals surface area contributed by atoms with Crippen LogP contribution in [0.5, 0.6) is 0 Å². The van der Waals surface area contributed by atoms with Crippen LogP contribution in [-0.2, 0) is 17.6 Å². The number of carbonyl (C=O) groups is 1. The first-order valence-corrected chi connectivity index (χ1v) is 9.05. The SMILES string of the molecule is Cc1cc2ccc(CCC(=O)NCCCc3ccccc3)cc2[nH]c1=O. The van der Waals surface area contributed by atoms with E-state index in [-0.39, 0.29) is 11.5 Å². The van der Waals surface area contributed by atoms with Gasteiger partial charge in [0.2, 0.25) is 5.91 Å². The van der Waals surface area contributed by atoms with E-state index in [2.05, 4.69) is 22.4 Å². The fourth-order valence-corrected chi connectivity index (χ4v) is 3.02. The van der Waals surface area contributed by atoms with Crippen molar-refractivity contribution in [3.05, 3.63) is 81.6 Å². The van der Waals surface area contributed by atoms with Crippen LogP contribution in [0.2, 0.25) is 0 Å². The van der Waals surface area contributed by atoms with Crippen LogP contribution in [0.3, 0.4) is 0 Å². The third-order valence-corrected chi connectivity index (χ3v) is 4.54. The molecule has 2 aromatic carbocycles. The minimum atomic E-state index is -0.0641. The molecule has 0 radical (unpaired) electrons. The van der Waals surface area contributed by atoms with Gasteiger partial charge in [0, 0.05) is 24.0 Å². The van der Waals surface area contributed by atoms with Gasteiger partial charge in [0.1, 0.15) is 0 Å². The summed E-state index contributed by atoms with van der Waals surface area (Å²) in [6.07, 6.45) is 3.02. The molecule has 1 amide bonds. The molecule has 0 atom stereocenters. The number of aromatic amines is 1. The van der Waals surface area contributed by atoms with Crippen LogP contribution in [0.4, 0.5) is 0 Å². The summed E-state index contributed by atoms with van der Waals surface area (Å²) in [6, 6.07) is 18.1. The maximum absolute atomic E-state index is 12.0. The van der Waals surface area contributed by atoms with Gasteiger partial charge in [-0.1, -0.05) is 42.5 Å². The number of fused-ring (bicyclic) bond motifs is 1. The van der Waals surface area contributed by atoms with Crippen molar-refractivity contribution in [2.75, 3.05) is 6.54 Å². The average molecular weight is 348 g/mol. The van der Waals surface area contributed by atoms with Crippen molar-refractivity contribution in [1.82, 2.24) is 10.3 Å². The number of pyridine rings is 1. The topological polar surface area (TPSA) is 62.0 Å². The molecule has 4 heteroatoms. The quantitative estimate of drug-likeness (QED) is 0.642. The molecule has 1 aromatic heterocycles. The van der Waals surface area contributed by atoms with E-state index < -0.39 is 0 Å². The summed E-state index contributed by atoms with van der Waals surface area (Å²) in [4.78, 5) is 26.6. The van der Waals surface area contributed by atoms with Gasteiger partial charge in [-0.15, -0.1) is 0 Å². The van der Waals surface area contributed by atoms with Crippen LogP contribution in [0, 0.1) is 6.92 Å². The summed E-state index contributed by atoms with van der Waals surface area (Å²) in [5, 5.41) is 3.99. The number of H-pyrrole nitrogens is 1. The number of hydrogen-bond donors (Lipinski definition) is 2. The predicted octanol–water partition coefficient (Wildman–Crippen LogP) is 3.52. The average Bonchev–Trinajstić information content (AvgIpc) is 2.65. The van der Waals surface area contributed by atoms with Gasteiger partial charge in [-0.2, -0.15) is 0 Å². The minimum Gasteiger partial charge on any atom is -0.356 e. The van der Waals surface area contributed by atoms with Crippen molar-refractivity contribution in [3.63, 3.8) is 0 Å². The largest absolute Gasteiger partial charge is 0.356 e. The Kier molecular flexibility index (Phi) is 5.84. The Hall–Kier alpha value is -2.88. The highest BCUT2D eigenvalue weighted by atomic mass is 16.1. The van der Waals surface area contributed by atoms with Gasteiger partial charge >= 0.3 is 0 Å². The fourth-order valence-electron chi connectivity index (χ4n) is 3.02. The second kappa shape index (κ2) is 8.48. The second-order valence-corrected chi connectivity index (χ2v) is 6.64. The Labute approximate surface area is 153 Å². The predicted molar refractivity (Wildman–Crippen MR) is 105 cm³/mol. The third-order valence-electron chi connectivity index (χ3n) is 4.54. The third kappa shape index (κ3) is 4.82.